The topological polar surface area (TPSA) is 114 Å². The van der Waals surface area contributed by atoms with Gasteiger partial charge in [-0.05, 0) is 43.0 Å². The molecular weight excluding hydrogens is 414 g/mol. The Morgan fingerprint density at radius 1 is 0.939 bits per heavy atom. The number of para-hydroxylation sites is 2. The molecule has 2 heterocycles. The molecule has 168 valence electrons. The molecule has 7 heteroatoms. The largest absolute Gasteiger partial charge is 0.361 e. The maximum absolute atomic E-state index is 12.8. The summed E-state index contributed by atoms with van der Waals surface area (Å²) in [5, 5.41) is 16.8. The molecule has 0 aliphatic rings. The molecule has 0 saturated carbocycles. The minimum Gasteiger partial charge on any atom is -0.361 e. The third-order valence-electron chi connectivity index (χ3n) is 5.83. The van der Waals surface area contributed by atoms with E-state index in [2.05, 4.69) is 26.7 Å². The van der Waals surface area contributed by atoms with Crippen LogP contribution in [-0.2, 0) is 22.4 Å². The first-order chi connectivity index (χ1) is 16.0. The standard InChI is InChI=1S/C26H27N5O2/c1-17(14-27)30-26(33)24(13-19-16-29-23-11-5-3-9-21(19)23)31-25(32)12-6-7-18-15-28-22-10-4-2-8-20(18)22/h2-5,8-11,15-17,24,28-29H,6-7,12-13H2,1H3,(H,30,33)(H,31,32). The van der Waals surface area contributed by atoms with Crippen LogP contribution < -0.4 is 10.6 Å². The molecule has 4 aromatic rings. The lowest BCUT2D eigenvalue weighted by Crippen LogP contribution is -2.49. The zero-order valence-electron chi connectivity index (χ0n) is 18.5. The number of benzene rings is 2. The van der Waals surface area contributed by atoms with Gasteiger partial charge >= 0.3 is 0 Å². The van der Waals surface area contributed by atoms with Crippen LogP contribution in [0.15, 0.2) is 60.9 Å². The molecule has 7 nitrogen and oxygen atoms in total. The van der Waals surface area contributed by atoms with Crippen LogP contribution in [0.25, 0.3) is 21.8 Å². The van der Waals surface area contributed by atoms with E-state index in [1.54, 1.807) is 6.92 Å². The molecule has 33 heavy (non-hydrogen) atoms. The van der Waals surface area contributed by atoms with Crippen LogP contribution in [0.1, 0.15) is 30.9 Å². The van der Waals surface area contributed by atoms with Gasteiger partial charge in [-0.3, -0.25) is 9.59 Å². The Morgan fingerprint density at radius 3 is 2.21 bits per heavy atom. The van der Waals surface area contributed by atoms with E-state index in [1.807, 2.05) is 60.9 Å². The van der Waals surface area contributed by atoms with Crippen molar-refractivity contribution >= 4 is 33.6 Å². The van der Waals surface area contributed by atoms with Crippen LogP contribution in [0.2, 0.25) is 0 Å². The number of carbonyl (C=O) groups is 2. The number of aromatic amines is 2. The molecule has 2 aromatic carbocycles. The van der Waals surface area contributed by atoms with E-state index in [4.69, 9.17) is 5.26 Å². The molecule has 0 radical (unpaired) electrons. The van der Waals surface area contributed by atoms with Crippen molar-refractivity contribution < 1.29 is 9.59 Å². The summed E-state index contributed by atoms with van der Waals surface area (Å²) in [4.78, 5) is 32.0. The average Bonchev–Trinajstić information content (AvgIpc) is 3.43. The second kappa shape index (κ2) is 10.0. The zero-order chi connectivity index (χ0) is 23.2. The Labute approximate surface area is 192 Å². The first-order valence-corrected chi connectivity index (χ1v) is 11.1. The molecule has 0 bridgehead atoms. The molecule has 0 saturated heterocycles. The molecule has 4 rings (SSSR count). The van der Waals surface area contributed by atoms with E-state index in [-0.39, 0.29) is 11.8 Å². The Hall–Kier alpha value is -4.05. The number of rotatable bonds is 9. The lowest BCUT2D eigenvalue weighted by Gasteiger charge is -2.19. The lowest BCUT2D eigenvalue weighted by molar-refractivity contribution is -0.129. The van der Waals surface area contributed by atoms with E-state index in [1.165, 1.54) is 10.9 Å². The number of nitrogens with one attached hydrogen (secondary N) is 4. The number of nitrogens with zero attached hydrogens (tertiary/aromatic N) is 1. The van der Waals surface area contributed by atoms with E-state index < -0.39 is 12.1 Å². The summed E-state index contributed by atoms with van der Waals surface area (Å²) in [6.07, 6.45) is 5.93. The van der Waals surface area contributed by atoms with Gasteiger partial charge in [-0.1, -0.05) is 36.4 Å². The second-order valence-electron chi connectivity index (χ2n) is 8.26. The highest BCUT2D eigenvalue weighted by Crippen LogP contribution is 2.21. The van der Waals surface area contributed by atoms with Gasteiger partial charge in [0.15, 0.2) is 0 Å². The Balaban J connectivity index is 1.41. The number of amides is 2. The van der Waals surface area contributed by atoms with Crippen molar-refractivity contribution in [3.05, 3.63) is 72.1 Å². The smallest absolute Gasteiger partial charge is 0.243 e. The summed E-state index contributed by atoms with van der Waals surface area (Å²) in [6, 6.07) is 16.5. The second-order valence-corrected chi connectivity index (χ2v) is 8.26. The summed E-state index contributed by atoms with van der Waals surface area (Å²) in [5.41, 5.74) is 4.17. The molecule has 4 N–H and O–H groups in total. The fourth-order valence-corrected chi connectivity index (χ4v) is 4.12. The van der Waals surface area contributed by atoms with E-state index in [0.717, 1.165) is 28.4 Å². The van der Waals surface area contributed by atoms with Gasteiger partial charge in [0.1, 0.15) is 12.1 Å². The van der Waals surface area contributed by atoms with Gasteiger partial charge in [-0.15, -0.1) is 0 Å². The van der Waals surface area contributed by atoms with Gasteiger partial charge < -0.3 is 20.6 Å². The van der Waals surface area contributed by atoms with Crippen LogP contribution in [0.5, 0.6) is 0 Å². The quantitative estimate of drug-likeness (QED) is 0.317. The molecule has 2 aromatic heterocycles. The molecule has 2 unspecified atom stereocenters. The van der Waals surface area contributed by atoms with Crippen molar-refractivity contribution in [3.63, 3.8) is 0 Å². The molecule has 2 amide bonds. The maximum atomic E-state index is 12.8. The fourth-order valence-electron chi connectivity index (χ4n) is 4.12. The lowest BCUT2D eigenvalue weighted by atomic mass is 10.0. The number of nitriles is 1. The summed E-state index contributed by atoms with van der Waals surface area (Å²) in [6.45, 7) is 1.61. The Kier molecular flexibility index (Phi) is 6.75. The first kappa shape index (κ1) is 22.2. The fraction of sp³-hybridized carbons (Fsp3) is 0.269. The van der Waals surface area contributed by atoms with Gasteiger partial charge in [0.05, 0.1) is 6.07 Å². The highest BCUT2D eigenvalue weighted by molar-refractivity contribution is 5.90. The summed E-state index contributed by atoms with van der Waals surface area (Å²) < 4.78 is 0. The molecule has 0 aliphatic heterocycles. The van der Waals surface area contributed by atoms with Crippen molar-refractivity contribution in [1.82, 2.24) is 20.6 Å². The average molecular weight is 442 g/mol. The van der Waals surface area contributed by atoms with Gasteiger partial charge in [0.25, 0.3) is 0 Å². The summed E-state index contributed by atoms with van der Waals surface area (Å²) >= 11 is 0. The van der Waals surface area contributed by atoms with E-state index in [0.29, 0.717) is 19.3 Å². The van der Waals surface area contributed by atoms with Gasteiger partial charge in [0.2, 0.25) is 11.8 Å². The van der Waals surface area contributed by atoms with Crippen molar-refractivity contribution in [2.24, 2.45) is 0 Å². The third-order valence-corrected chi connectivity index (χ3v) is 5.83. The number of hydrogen-bond donors (Lipinski definition) is 4. The number of hydrogen-bond acceptors (Lipinski definition) is 3. The molecule has 0 spiro atoms. The van der Waals surface area contributed by atoms with Crippen molar-refractivity contribution in [2.45, 2.75) is 44.7 Å². The molecule has 0 aliphatic carbocycles. The third kappa shape index (κ3) is 5.24. The van der Waals surface area contributed by atoms with Crippen LogP contribution in [0.3, 0.4) is 0 Å². The number of aromatic nitrogens is 2. The normalized spacial score (nSPS) is 12.8. The van der Waals surface area contributed by atoms with Crippen molar-refractivity contribution in [1.29, 1.82) is 5.26 Å². The zero-order valence-corrected chi connectivity index (χ0v) is 18.5. The highest BCUT2D eigenvalue weighted by Gasteiger charge is 2.23. The number of aryl methyl sites for hydroxylation is 1. The summed E-state index contributed by atoms with van der Waals surface area (Å²) in [7, 11) is 0. The Bertz CT molecular complexity index is 1310. The summed E-state index contributed by atoms with van der Waals surface area (Å²) in [5.74, 6) is -0.543. The monoisotopic (exact) mass is 441 g/mol. The van der Waals surface area contributed by atoms with Gasteiger partial charge in [-0.25, -0.2) is 0 Å². The molecule has 0 fully saturated rings. The van der Waals surface area contributed by atoms with E-state index >= 15 is 0 Å². The van der Waals surface area contributed by atoms with Gasteiger partial charge in [0, 0.05) is 47.0 Å². The van der Waals surface area contributed by atoms with Crippen LogP contribution in [-0.4, -0.2) is 33.9 Å². The SMILES string of the molecule is CC(C#N)NC(=O)C(Cc1c[nH]c2ccccc12)NC(=O)CCCc1c[nH]c2ccccc12. The van der Waals surface area contributed by atoms with Crippen LogP contribution in [0.4, 0.5) is 0 Å². The number of fused-ring (bicyclic) bond motifs is 2. The van der Waals surface area contributed by atoms with Crippen LogP contribution >= 0.6 is 0 Å². The highest BCUT2D eigenvalue weighted by atomic mass is 16.2. The minimum absolute atomic E-state index is 0.181. The van der Waals surface area contributed by atoms with Gasteiger partial charge in [-0.2, -0.15) is 5.26 Å². The predicted octanol–water partition coefficient (Wildman–Crippen LogP) is 3.73. The maximum Gasteiger partial charge on any atom is 0.243 e. The van der Waals surface area contributed by atoms with Crippen LogP contribution in [0, 0.1) is 11.3 Å². The number of carbonyl (C=O) groups excluding carboxylic acids is 2. The number of H-pyrrole nitrogens is 2. The van der Waals surface area contributed by atoms with Crippen molar-refractivity contribution in [3.8, 4) is 6.07 Å². The molecule has 2 atom stereocenters. The van der Waals surface area contributed by atoms with E-state index in [9.17, 15) is 9.59 Å². The molecular formula is C26H27N5O2. The first-order valence-electron chi connectivity index (χ1n) is 11.1. The predicted molar refractivity (Wildman–Crippen MR) is 128 cm³/mol. The minimum atomic E-state index is -0.763. The Morgan fingerprint density at radius 2 is 1.55 bits per heavy atom. The van der Waals surface area contributed by atoms with Crippen molar-refractivity contribution in [2.75, 3.05) is 0 Å².